The van der Waals surface area contributed by atoms with Crippen LogP contribution in [0.15, 0.2) is 23.0 Å². The van der Waals surface area contributed by atoms with E-state index in [4.69, 9.17) is 4.74 Å². The highest BCUT2D eigenvalue weighted by Crippen LogP contribution is 2.24. The Kier molecular flexibility index (Phi) is 3.84. The summed E-state index contributed by atoms with van der Waals surface area (Å²) in [6, 6.07) is 1.97. The summed E-state index contributed by atoms with van der Waals surface area (Å²) < 4.78 is 7.52. The SMILES string of the molecule is Cn1cc2c(n1)[C@H](CNC(=O)Cc1ccsc1)OCC2. The summed E-state index contributed by atoms with van der Waals surface area (Å²) in [5, 5.41) is 11.3. The number of ether oxygens (including phenoxy) is 1. The lowest BCUT2D eigenvalue weighted by Gasteiger charge is -2.22. The molecular formula is C14H17N3O2S. The van der Waals surface area contributed by atoms with Crippen LogP contribution < -0.4 is 5.32 Å². The molecule has 0 saturated carbocycles. The van der Waals surface area contributed by atoms with Gasteiger partial charge in [0.2, 0.25) is 5.91 Å². The van der Waals surface area contributed by atoms with Gasteiger partial charge >= 0.3 is 0 Å². The molecular weight excluding hydrogens is 274 g/mol. The smallest absolute Gasteiger partial charge is 0.224 e. The molecule has 0 bridgehead atoms. The third-order valence-corrected chi connectivity index (χ3v) is 4.09. The number of aryl methyl sites for hydroxylation is 1. The van der Waals surface area contributed by atoms with Crippen LogP contribution in [0.25, 0.3) is 0 Å². The first-order valence-corrected chi connectivity index (χ1v) is 7.58. The van der Waals surface area contributed by atoms with Crippen molar-refractivity contribution in [3.8, 4) is 0 Å². The number of hydrogen-bond donors (Lipinski definition) is 1. The maximum atomic E-state index is 11.9. The minimum Gasteiger partial charge on any atom is -0.370 e. The van der Waals surface area contributed by atoms with Gasteiger partial charge in [0.05, 0.1) is 18.7 Å². The van der Waals surface area contributed by atoms with Crippen LogP contribution in [0.5, 0.6) is 0 Å². The topological polar surface area (TPSA) is 56.2 Å². The lowest BCUT2D eigenvalue weighted by Crippen LogP contribution is -2.32. The van der Waals surface area contributed by atoms with Gasteiger partial charge in [-0.05, 0) is 34.4 Å². The highest BCUT2D eigenvalue weighted by Gasteiger charge is 2.24. The normalized spacial score (nSPS) is 17.8. The quantitative estimate of drug-likeness (QED) is 0.927. The molecule has 1 amide bonds. The Morgan fingerprint density at radius 1 is 1.65 bits per heavy atom. The third kappa shape index (κ3) is 2.91. The van der Waals surface area contributed by atoms with Crippen molar-refractivity contribution in [3.05, 3.63) is 39.8 Å². The molecule has 5 nitrogen and oxygen atoms in total. The number of amides is 1. The average Bonchev–Trinajstić information content (AvgIpc) is 3.04. The molecule has 2 aromatic rings. The van der Waals surface area contributed by atoms with Gasteiger partial charge in [-0.2, -0.15) is 16.4 Å². The van der Waals surface area contributed by atoms with Gasteiger partial charge in [0, 0.05) is 19.8 Å². The summed E-state index contributed by atoms with van der Waals surface area (Å²) in [4.78, 5) is 11.9. The number of thiophene rings is 1. The Morgan fingerprint density at radius 2 is 2.55 bits per heavy atom. The maximum absolute atomic E-state index is 11.9. The largest absolute Gasteiger partial charge is 0.370 e. The molecule has 20 heavy (non-hydrogen) atoms. The fourth-order valence-electron chi connectivity index (χ4n) is 2.41. The van der Waals surface area contributed by atoms with Gasteiger partial charge in [0.1, 0.15) is 6.10 Å². The van der Waals surface area contributed by atoms with E-state index in [-0.39, 0.29) is 12.0 Å². The molecule has 3 rings (SSSR count). The van der Waals surface area contributed by atoms with Gasteiger partial charge in [-0.1, -0.05) is 0 Å². The predicted molar refractivity (Wildman–Crippen MR) is 76.6 cm³/mol. The van der Waals surface area contributed by atoms with Crippen molar-refractivity contribution in [3.63, 3.8) is 0 Å². The van der Waals surface area contributed by atoms with Crippen molar-refractivity contribution in [2.24, 2.45) is 7.05 Å². The van der Waals surface area contributed by atoms with E-state index in [1.807, 2.05) is 30.1 Å². The number of nitrogens with one attached hydrogen (secondary N) is 1. The fourth-order valence-corrected chi connectivity index (χ4v) is 3.08. The molecule has 1 atom stereocenters. The Balaban J connectivity index is 1.57. The first kappa shape index (κ1) is 13.3. The summed E-state index contributed by atoms with van der Waals surface area (Å²) in [5.41, 5.74) is 3.22. The highest BCUT2D eigenvalue weighted by molar-refractivity contribution is 7.07. The molecule has 0 aromatic carbocycles. The lowest BCUT2D eigenvalue weighted by molar-refractivity contribution is -0.121. The molecule has 1 aliphatic heterocycles. The molecule has 0 unspecified atom stereocenters. The Labute approximate surface area is 121 Å². The van der Waals surface area contributed by atoms with Crippen LogP contribution in [-0.4, -0.2) is 28.8 Å². The fraction of sp³-hybridized carbons (Fsp3) is 0.429. The zero-order valence-electron chi connectivity index (χ0n) is 11.3. The molecule has 0 spiro atoms. The second kappa shape index (κ2) is 5.76. The second-order valence-electron chi connectivity index (χ2n) is 4.94. The van der Waals surface area contributed by atoms with Crippen LogP contribution in [0.4, 0.5) is 0 Å². The number of rotatable bonds is 4. The standard InChI is InChI=1S/C14H17N3O2S/c1-17-8-11-2-4-19-12(14(11)16-17)7-15-13(18)6-10-3-5-20-9-10/h3,5,8-9,12H,2,4,6-7H2,1H3,(H,15,18)/t12-/m0/s1. The number of hydrogen-bond acceptors (Lipinski definition) is 4. The lowest BCUT2D eigenvalue weighted by atomic mass is 10.1. The molecule has 1 aliphatic rings. The van der Waals surface area contributed by atoms with E-state index in [0.29, 0.717) is 19.6 Å². The van der Waals surface area contributed by atoms with E-state index in [1.165, 1.54) is 5.56 Å². The molecule has 1 N–H and O–H groups in total. The first-order valence-electron chi connectivity index (χ1n) is 6.64. The van der Waals surface area contributed by atoms with Crippen LogP contribution in [0.1, 0.15) is 22.9 Å². The predicted octanol–water partition coefficient (Wildman–Crippen LogP) is 1.45. The average molecular weight is 291 g/mol. The number of nitrogens with zero attached hydrogens (tertiary/aromatic N) is 2. The minimum absolute atomic E-state index is 0.0232. The molecule has 0 radical (unpaired) electrons. The molecule has 0 aliphatic carbocycles. The van der Waals surface area contributed by atoms with Crippen molar-refractivity contribution in [2.75, 3.05) is 13.2 Å². The number of carbonyl (C=O) groups excluding carboxylic acids is 1. The van der Waals surface area contributed by atoms with Gasteiger partial charge in [0.25, 0.3) is 0 Å². The van der Waals surface area contributed by atoms with Gasteiger partial charge in [0.15, 0.2) is 0 Å². The molecule has 6 heteroatoms. The van der Waals surface area contributed by atoms with Crippen molar-refractivity contribution in [2.45, 2.75) is 18.9 Å². The van der Waals surface area contributed by atoms with Crippen molar-refractivity contribution >= 4 is 17.2 Å². The van der Waals surface area contributed by atoms with E-state index in [0.717, 1.165) is 17.7 Å². The Hall–Kier alpha value is -1.66. The second-order valence-corrected chi connectivity index (χ2v) is 5.72. The molecule has 0 saturated heterocycles. The molecule has 3 heterocycles. The summed E-state index contributed by atoms with van der Waals surface area (Å²) in [7, 11) is 1.91. The summed E-state index contributed by atoms with van der Waals surface area (Å²) in [6.45, 7) is 1.16. The van der Waals surface area contributed by atoms with Gasteiger partial charge < -0.3 is 10.1 Å². The molecule has 2 aromatic heterocycles. The van der Waals surface area contributed by atoms with Gasteiger partial charge in [-0.25, -0.2) is 0 Å². The zero-order chi connectivity index (χ0) is 13.9. The van der Waals surface area contributed by atoms with E-state index in [1.54, 1.807) is 16.0 Å². The Morgan fingerprint density at radius 3 is 3.35 bits per heavy atom. The molecule has 106 valence electrons. The molecule has 0 fully saturated rings. The van der Waals surface area contributed by atoms with Crippen molar-refractivity contribution < 1.29 is 9.53 Å². The van der Waals surface area contributed by atoms with Gasteiger partial charge in [-0.3, -0.25) is 9.48 Å². The summed E-state index contributed by atoms with van der Waals surface area (Å²) in [5.74, 6) is 0.0232. The van der Waals surface area contributed by atoms with Crippen molar-refractivity contribution in [1.82, 2.24) is 15.1 Å². The van der Waals surface area contributed by atoms with Crippen LogP contribution in [-0.2, 0) is 29.4 Å². The first-order chi connectivity index (χ1) is 9.72. The Bertz CT molecular complexity index is 592. The van der Waals surface area contributed by atoms with Crippen LogP contribution in [0.2, 0.25) is 0 Å². The van der Waals surface area contributed by atoms with Crippen molar-refractivity contribution in [1.29, 1.82) is 0 Å². The minimum atomic E-state index is -0.133. The van der Waals surface area contributed by atoms with E-state index >= 15 is 0 Å². The van der Waals surface area contributed by atoms with Crippen LogP contribution >= 0.6 is 11.3 Å². The van der Waals surface area contributed by atoms with Crippen LogP contribution in [0, 0.1) is 0 Å². The summed E-state index contributed by atoms with van der Waals surface area (Å²) in [6.07, 6.45) is 3.21. The summed E-state index contributed by atoms with van der Waals surface area (Å²) >= 11 is 1.60. The number of aromatic nitrogens is 2. The van der Waals surface area contributed by atoms with Gasteiger partial charge in [-0.15, -0.1) is 0 Å². The highest BCUT2D eigenvalue weighted by atomic mass is 32.1. The monoisotopic (exact) mass is 291 g/mol. The third-order valence-electron chi connectivity index (χ3n) is 3.36. The van der Waals surface area contributed by atoms with E-state index in [9.17, 15) is 4.79 Å². The number of fused-ring (bicyclic) bond motifs is 1. The maximum Gasteiger partial charge on any atom is 0.224 e. The van der Waals surface area contributed by atoms with E-state index < -0.39 is 0 Å². The van der Waals surface area contributed by atoms with Crippen LogP contribution in [0.3, 0.4) is 0 Å². The van der Waals surface area contributed by atoms with E-state index in [2.05, 4.69) is 10.4 Å². The zero-order valence-corrected chi connectivity index (χ0v) is 12.2. The number of carbonyl (C=O) groups is 1.